The first-order chi connectivity index (χ1) is 4.33. The molecule has 0 radical (unpaired) electrons. The van der Waals surface area contributed by atoms with Crippen LogP contribution in [0.5, 0.6) is 0 Å². The molecular formula is C7H13BrHg. The van der Waals surface area contributed by atoms with Crippen LogP contribution in [-0.2, 0) is 22.1 Å². The average molecular weight is 378 g/mol. The molecule has 2 atom stereocenters. The first kappa shape index (κ1) is 8.51. The van der Waals surface area contributed by atoms with Crippen molar-refractivity contribution in [3.63, 3.8) is 0 Å². The first-order valence-corrected chi connectivity index (χ1v) is 19.0. The molecule has 0 amide bonds. The molecule has 50 valence electrons. The van der Waals surface area contributed by atoms with Gasteiger partial charge in [-0.05, 0) is 0 Å². The second kappa shape index (κ2) is 4.33. The monoisotopic (exact) mass is 378 g/mol. The zero-order valence-corrected chi connectivity index (χ0v) is 13.2. The van der Waals surface area contributed by atoms with Crippen molar-refractivity contribution in [2.75, 3.05) is 0 Å². The molecule has 1 saturated carbocycles. The van der Waals surface area contributed by atoms with E-state index in [0.29, 0.717) is 0 Å². The van der Waals surface area contributed by atoms with E-state index in [1.165, 1.54) is 16.3 Å². The summed E-state index contributed by atoms with van der Waals surface area (Å²) in [6, 6.07) is 0. The van der Waals surface area contributed by atoms with Gasteiger partial charge in [0.15, 0.2) is 0 Å². The van der Waals surface area contributed by atoms with Gasteiger partial charge in [0.05, 0.1) is 0 Å². The summed E-state index contributed by atoms with van der Waals surface area (Å²) in [7, 11) is 0. The Labute approximate surface area is 75.5 Å². The van der Waals surface area contributed by atoms with Crippen molar-refractivity contribution in [2.45, 2.75) is 36.0 Å². The van der Waals surface area contributed by atoms with Crippen LogP contribution >= 0.6 is 11.9 Å². The Morgan fingerprint density at radius 3 is 2.67 bits per heavy atom. The maximum absolute atomic E-state index is 3.76. The van der Waals surface area contributed by atoms with Gasteiger partial charge >= 0.3 is 76.0 Å². The quantitative estimate of drug-likeness (QED) is 0.615. The Kier molecular flexibility index (Phi) is 4.09. The van der Waals surface area contributed by atoms with E-state index < -0.39 is 22.1 Å². The Morgan fingerprint density at radius 1 is 1.44 bits per heavy atom. The van der Waals surface area contributed by atoms with E-state index in [0.717, 1.165) is 5.92 Å². The molecule has 0 spiro atoms. The van der Waals surface area contributed by atoms with Crippen LogP contribution in [0.4, 0.5) is 0 Å². The zero-order chi connectivity index (χ0) is 6.69. The van der Waals surface area contributed by atoms with E-state index in [4.69, 9.17) is 0 Å². The third-order valence-corrected chi connectivity index (χ3v) is 14.9. The summed E-state index contributed by atoms with van der Waals surface area (Å²) < 4.78 is 1.20. The molecule has 0 N–H and O–H groups in total. The molecule has 1 rings (SSSR count). The van der Waals surface area contributed by atoms with E-state index in [9.17, 15) is 0 Å². The molecule has 0 nitrogen and oxygen atoms in total. The molecule has 0 bridgehead atoms. The minimum atomic E-state index is -0.494. The van der Waals surface area contributed by atoms with Gasteiger partial charge in [0.2, 0.25) is 0 Å². The number of halogens is 1. The fourth-order valence-electron chi connectivity index (χ4n) is 1.70. The summed E-state index contributed by atoms with van der Waals surface area (Å²) in [5, 5.41) is 0. The van der Waals surface area contributed by atoms with Crippen molar-refractivity contribution in [1.29, 1.82) is 0 Å². The van der Waals surface area contributed by atoms with Gasteiger partial charge in [-0.3, -0.25) is 0 Å². The fourth-order valence-corrected chi connectivity index (χ4v) is 11.3. The van der Waals surface area contributed by atoms with E-state index in [1.54, 1.807) is 12.8 Å². The predicted molar refractivity (Wildman–Crippen MR) is 40.3 cm³/mol. The van der Waals surface area contributed by atoms with E-state index in [-0.39, 0.29) is 0 Å². The molecule has 0 aromatic carbocycles. The maximum atomic E-state index is 3.76. The third kappa shape index (κ3) is 2.88. The van der Waals surface area contributed by atoms with Crippen LogP contribution in [0.25, 0.3) is 0 Å². The summed E-state index contributed by atoms with van der Waals surface area (Å²) in [5.74, 6) is 1.04. The third-order valence-electron chi connectivity index (χ3n) is 2.26. The molecule has 0 saturated heterocycles. The SMILES string of the molecule is C[C@@H]1CCC[C@H]([Hg][Br])C1. The Morgan fingerprint density at radius 2 is 2.22 bits per heavy atom. The van der Waals surface area contributed by atoms with Crippen LogP contribution in [0.1, 0.15) is 32.6 Å². The molecule has 1 aliphatic rings. The van der Waals surface area contributed by atoms with Crippen molar-refractivity contribution in [3.05, 3.63) is 0 Å². The molecule has 0 heterocycles. The summed E-state index contributed by atoms with van der Waals surface area (Å²) in [6.45, 7) is 2.41. The van der Waals surface area contributed by atoms with Crippen LogP contribution in [0.2, 0.25) is 3.43 Å². The van der Waals surface area contributed by atoms with Gasteiger partial charge in [0.1, 0.15) is 0 Å². The van der Waals surface area contributed by atoms with Gasteiger partial charge in [-0.25, -0.2) is 0 Å². The fraction of sp³-hybridized carbons (Fsp3) is 1.00. The molecule has 2 heteroatoms. The van der Waals surface area contributed by atoms with E-state index in [1.807, 2.05) is 0 Å². The molecule has 0 aromatic rings. The van der Waals surface area contributed by atoms with Crippen molar-refractivity contribution >= 4 is 11.9 Å². The van der Waals surface area contributed by atoms with Crippen LogP contribution in [0.3, 0.4) is 0 Å². The predicted octanol–water partition coefficient (Wildman–Crippen LogP) is 3.38. The van der Waals surface area contributed by atoms with Gasteiger partial charge in [0.25, 0.3) is 0 Å². The second-order valence-electron chi connectivity index (χ2n) is 3.29. The van der Waals surface area contributed by atoms with E-state index in [2.05, 4.69) is 18.8 Å². The summed E-state index contributed by atoms with van der Waals surface area (Å²) in [6.07, 6.45) is 6.11. The molecule has 1 aliphatic carbocycles. The summed E-state index contributed by atoms with van der Waals surface area (Å²) in [4.78, 5) is 0. The van der Waals surface area contributed by atoms with Crippen LogP contribution in [0.15, 0.2) is 0 Å². The van der Waals surface area contributed by atoms with Gasteiger partial charge in [-0.1, -0.05) is 0 Å². The van der Waals surface area contributed by atoms with Crippen molar-refractivity contribution in [3.8, 4) is 0 Å². The Hall–Kier alpha value is 1.42. The van der Waals surface area contributed by atoms with Gasteiger partial charge < -0.3 is 0 Å². The minimum absolute atomic E-state index is 0.494. The molecule has 0 aliphatic heterocycles. The molecule has 9 heavy (non-hydrogen) atoms. The Balaban J connectivity index is 2.23. The zero-order valence-electron chi connectivity index (χ0n) is 6.07. The van der Waals surface area contributed by atoms with Crippen LogP contribution < -0.4 is 0 Å². The standard InChI is InChI=1S/C7H13.BrH.Hg/c1-7-5-3-2-4-6-7;;/h3,7H,2,4-6H2,1H3;1H;/q;;+1/p-1/t7-;;/m0../s1. The second-order valence-corrected chi connectivity index (χ2v) is 14.7. The average Bonchev–Trinajstić information content (AvgIpc) is 1.88. The number of hydrogen-bond acceptors (Lipinski definition) is 0. The molecule has 0 unspecified atom stereocenters. The van der Waals surface area contributed by atoms with Crippen molar-refractivity contribution in [1.82, 2.24) is 0 Å². The Bertz CT molecular complexity index is 85.0. The van der Waals surface area contributed by atoms with Gasteiger partial charge in [-0.15, -0.1) is 0 Å². The topological polar surface area (TPSA) is 0 Å². The van der Waals surface area contributed by atoms with E-state index >= 15 is 0 Å². The number of hydrogen-bond donors (Lipinski definition) is 0. The van der Waals surface area contributed by atoms with Gasteiger partial charge in [-0.2, -0.15) is 0 Å². The van der Waals surface area contributed by atoms with Crippen LogP contribution in [-0.4, -0.2) is 0 Å². The van der Waals surface area contributed by atoms with Crippen LogP contribution in [0, 0.1) is 5.92 Å². The number of rotatable bonds is 1. The summed E-state index contributed by atoms with van der Waals surface area (Å²) in [5.41, 5.74) is 0. The molecule has 0 aromatic heterocycles. The normalized spacial score (nSPS) is 35.8. The first-order valence-electron chi connectivity index (χ1n) is 3.89. The van der Waals surface area contributed by atoms with Gasteiger partial charge in [0, 0.05) is 0 Å². The van der Waals surface area contributed by atoms with Crippen molar-refractivity contribution < 1.29 is 22.1 Å². The molecule has 1 fully saturated rings. The molecular weight excluding hydrogens is 365 g/mol. The summed E-state index contributed by atoms with van der Waals surface area (Å²) >= 11 is 3.27. The van der Waals surface area contributed by atoms with Crippen molar-refractivity contribution in [2.24, 2.45) is 5.92 Å².